The van der Waals surface area contributed by atoms with Gasteiger partial charge in [0, 0.05) is 16.7 Å². The number of hydrogen-bond acceptors (Lipinski definition) is 6. The van der Waals surface area contributed by atoms with Crippen LogP contribution in [0.1, 0.15) is 36.8 Å². The summed E-state index contributed by atoms with van der Waals surface area (Å²) in [7, 11) is 0. The molecule has 0 aliphatic carbocycles. The molecule has 9 heteroatoms. The van der Waals surface area contributed by atoms with Gasteiger partial charge in [-0.2, -0.15) is 10.4 Å². The number of H-pyrrole nitrogens is 2. The number of nitriles is 1. The summed E-state index contributed by atoms with van der Waals surface area (Å²) in [5.74, 6) is 0.102. The Kier molecular flexibility index (Phi) is 5.94. The standard InChI is InChI=1S/C26H23FN6O2/c1-2-3-12-34-18-10-6-16(7-11-18)24-22-21(19(13-28)25(29)35-26(22)33-32-24)20-14-30-31-23(20)15-4-8-17(27)9-5-15/h4-11,14,21H,2-3,12,29H2,1H3,(H,30,31)(H,32,33). The number of hydrogen-bond donors (Lipinski definition) is 3. The van der Waals surface area contributed by atoms with E-state index in [9.17, 15) is 9.65 Å². The molecule has 0 spiro atoms. The lowest BCUT2D eigenvalue weighted by atomic mass is 9.82. The van der Waals surface area contributed by atoms with Crippen LogP contribution in [0.15, 0.2) is 66.2 Å². The molecular formula is C26H23FN6O2. The maximum absolute atomic E-state index is 13.5. The van der Waals surface area contributed by atoms with Gasteiger partial charge in [0.15, 0.2) is 0 Å². The van der Waals surface area contributed by atoms with E-state index in [0.717, 1.165) is 29.7 Å². The van der Waals surface area contributed by atoms with Crippen LogP contribution in [-0.2, 0) is 0 Å². The minimum Gasteiger partial charge on any atom is -0.494 e. The quantitative estimate of drug-likeness (QED) is 0.326. The number of aromatic amines is 2. The lowest BCUT2D eigenvalue weighted by molar-refractivity contribution is 0.309. The summed E-state index contributed by atoms with van der Waals surface area (Å²) in [6.45, 7) is 2.78. The molecule has 176 valence electrons. The number of rotatable bonds is 7. The second-order valence-corrected chi connectivity index (χ2v) is 8.18. The molecule has 3 heterocycles. The smallest absolute Gasteiger partial charge is 0.244 e. The molecule has 35 heavy (non-hydrogen) atoms. The molecule has 0 bridgehead atoms. The first-order valence-electron chi connectivity index (χ1n) is 11.3. The Hall–Kier alpha value is -4.58. The zero-order valence-corrected chi connectivity index (χ0v) is 19.0. The van der Waals surface area contributed by atoms with E-state index in [-0.39, 0.29) is 23.2 Å². The number of benzene rings is 2. The molecular weight excluding hydrogens is 447 g/mol. The zero-order chi connectivity index (χ0) is 24.4. The summed E-state index contributed by atoms with van der Waals surface area (Å²) in [6, 6.07) is 15.9. The molecule has 0 radical (unpaired) electrons. The van der Waals surface area contributed by atoms with Crippen LogP contribution < -0.4 is 15.2 Å². The molecule has 4 N–H and O–H groups in total. The van der Waals surface area contributed by atoms with E-state index in [1.54, 1.807) is 18.3 Å². The Morgan fingerprint density at radius 2 is 1.80 bits per heavy atom. The number of allylic oxidation sites excluding steroid dienone is 1. The van der Waals surface area contributed by atoms with Crippen LogP contribution in [0.25, 0.3) is 22.5 Å². The summed E-state index contributed by atoms with van der Waals surface area (Å²) < 4.78 is 25.0. The average Bonchev–Trinajstić information content (AvgIpc) is 3.52. The molecule has 0 amide bonds. The third-order valence-electron chi connectivity index (χ3n) is 5.96. The van der Waals surface area contributed by atoms with Crippen LogP contribution in [0, 0.1) is 17.1 Å². The van der Waals surface area contributed by atoms with Crippen molar-refractivity contribution in [3.63, 3.8) is 0 Å². The Morgan fingerprint density at radius 3 is 2.51 bits per heavy atom. The number of nitrogens with one attached hydrogen (secondary N) is 2. The topological polar surface area (TPSA) is 126 Å². The van der Waals surface area contributed by atoms with Crippen molar-refractivity contribution in [1.29, 1.82) is 5.26 Å². The van der Waals surface area contributed by atoms with Crippen molar-refractivity contribution in [3.8, 4) is 40.2 Å². The molecule has 1 atom stereocenters. The number of nitrogens with two attached hydrogens (primary N) is 1. The van der Waals surface area contributed by atoms with Gasteiger partial charge in [-0.15, -0.1) is 5.10 Å². The maximum Gasteiger partial charge on any atom is 0.244 e. The molecule has 1 aliphatic heterocycles. The summed E-state index contributed by atoms with van der Waals surface area (Å²) in [4.78, 5) is 0. The van der Waals surface area contributed by atoms with E-state index in [1.165, 1.54) is 12.1 Å². The fourth-order valence-electron chi connectivity index (χ4n) is 4.19. The molecule has 0 fully saturated rings. The monoisotopic (exact) mass is 470 g/mol. The Balaban J connectivity index is 1.59. The van der Waals surface area contributed by atoms with Crippen LogP contribution in [0.4, 0.5) is 4.39 Å². The number of unbranched alkanes of at least 4 members (excludes halogenated alkanes) is 1. The SMILES string of the molecule is CCCCOc1ccc(-c2[nH]nc3c2C(c2cn[nH]c2-c2ccc(F)cc2)C(C#N)=C(N)O3)cc1. The predicted octanol–water partition coefficient (Wildman–Crippen LogP) is 5.00. The van der Waals surface area contributed by atoms with Gasteiger partial charge in [0.2, 0.25) is 11.8 Å². The van der Waals surface area contributed by atoms with Crippen molar-refractivity contribution in [2.75, 3.05) is 6.61 Å². The first-order valence-corrected chi connectivity index (χ1v) is 11.3. The van der Waals surface area contributed by atoms with E-state index in [0.29, 0.717) is 29.1 Å². The molecule has 2 aromatic heterocycles. The molecule has 0 saturated carbocycles. The Labute approximate surface area is 201 Å². The van der Waals surface area contributed by atoms with Crippen LogP contribution in [-0.4, -0.2) is 27.0 Å². The summed E-state index contributed by atoms with van der Waals surface area (Å²) in [6.07, 6.45) is 3.69. The Bertz CT molecular complexity index is 1410. The second kappa shape index (κ2) is 9.35. The van der Waals surface area contributed by atoms with Gasteiger partial charge in [-0.25, -0.2) is 4.39 Å². The van der Waals surface area contributed by atoms with Crippen molar-refractivity contribution in [2.45, 2.75) is 25.7 Å². The fourth-order valence-corrected chi connectivity index (χ4v) is 4.19. The normalized spacial score (nSPS) is 14.8. The van der Waals surface area contributed by atoms with Gasteiger partial charge >= 0.3 is 0 Å². The predicted molar refractivity (Wildman–Crippen MR) is 128 cm³/mol. The highest BCUT2D eigenvalue weighted by Gasteiger charge is 2.37. The summed E-state index contributed by atoms with van der Waals surface area (Å²) in [5.41, 5.74) is 10.6. The number of nitrogens with zero attached hydrogens (tertiary/aromatic N) is 3. The number of ether oxygens (including phenoxy) is 2. The van der Waals surface area contributed by atoms with Gasteiger partial charge in [0.25, 0.3) is 0 Å². The van der Waals surface area contributed by atoms with E-state index in [1.807, 2.05) is 24.3 Å². The summed E-state index contributed by atoms with van der Waals surface area (Å²) >= 11 is 0. The lowest BCUT2D eigenvalue weighted by Gasteiger charge is -2.24. The first-order chi connectivity index (χ1) is 17.1. The summed E-state index contributed by atoms with van der Waals surface area (Å²) in [5, 5.41) is 24.6. The van der Waals surface area contributed by atoms with Crippen molar-refractivity contribution >= 4 is 0 Å². The Morgan fingerprint density at radius 1 is 1.09 bits per heavy atom. The second-order valence-electron chi connectivity index (χ2n) is 8.18. The van der Waals surface area contributed by atoms with Crippen LogP contribution in [0.3, 0.4) is 0 Å². The van der Waals surface area contributed by atoms with Crippen LogP contribution in [0.2, 0.25) is 0 Å². The minimum atomic E-state index is -0.600. The maximum atomic E-state index is 13.5. The van der Waals surface area contributed by atoms with E-state index in [4.69, 9.17) is 15.2 Å². The third kappa shape index (κ3) is 4.10. The lowest BCUT2D eigenvalue weighted by Crippen LogP contribution is -2.21. The molecule has 4 aromatic rings. The molecule has 1 unspecified atom stereocenters. The van der Waals surface area contributed by atoms with Crippen LogP contribution >= 0.6 is 0 Å². The van der Waals surface area contributed by atoms with Crippen molar-refractivity contribution < 1.29 is 13.9 Å². The van der Waals surface area contributed by atoms with E-state index >= 15 is 0 Å². The molecule has 5 rings (SSSR count). The van der Waals surface area contributed by atoms with Crippen molar-refractivity contribution in [2.24, 2.45) is 5.73 Å². The zero-order valence-electron chi connectivity index (χ0n) is 19.0. The highest BCUT2D eigenvalue weighted by molar-refractivity contribution is 5.74. The average molecular weight is 471 g/mol. The van der Waals surface area contributed by atoms with Gasteiger partial charge in [0.1, 0.15) is 23.2 Å². The first kappa shape index (κ1) is 22.2. The van der Waals surface area contributed by atoms with E-state index < -0.39 is 5.92 Å². The number of halogens is 1. The third-order valence-corrected chi connectivity index (χ3v) is 5.96. The molecule has 1 aliphatic rings. The highest BCUT2D eigenvalue weighted by atomic mass is 19.1. The van der Waals surface area contributed by atoms with Crippen molar-refractivity contribution in [1.82, 2.24) is 20.4 Å². The van der Waals surface area contributed by atoms with Gasteiger partial charge in [-0.3, -0.25) is 10.2 Å². The number of aromatic nitrogens is 4. The fraction of sp³-hybridized carbons (Fsp3) is 0.192. The van der Waals surface area contributed by atoms with Crippen molar-refractivity contribution in [3.05, 3.63) is 83.1 Å². The van der Waals surface area contributed by atoms with Gasteiger partial charge in [-0.1, -0.05) is 13.3 Å². The van der Waals surface area contributed by atoms with Gasteiger partial charge in [-0.05, 0) is 55.0 Å². The highest BCUT2D eigenvalue weighted by Crippen LogP contribution is 2.47. The molecule has 0 saturated heterocycles. The van der Waals surface area contributed by atoms with Gasteiger partial charge < -0.3 is 15.2 Å². The molecule has 8 nitrogen and oxygen atoms in total. The van der Waals surface area contributed by atoms with Crippen LogP contribution in [0.5, 0.6) is 11.6 Å². The van der Waals surface area contributed by atoms with Gasteiger partial charge in [0.05, 0.1) is 35.7 Å². The molecule has 2 aromatic carbocycles. The number of fused-ring (bicyclic) bond motifs is 1. The largest absolute Gasteiger partial charge is 0.494 e. The van der Waals surface area contributed by atoms with E-state index in [2.05, 4.69) is 33.4 Å². The minimum absolute atomic E-state index is 0.0195.